The van der Waals surface area contributed by atoms with E-state index in [4.69, 9.17) is 9.84 Å². The largest absolute Gasteiger partial charge is 0.481 e. The number of amides is 2. The Morgan fingerprint density at radius 1 is 0.939 bits per heavy atom. The number of carboxylic acid groups (broad SMARTS) is 1. The molecule has 7 nitrogen and oxygen atoms in total. The van der Waals surface area contributed by atoms with Crippen molar-refractivity contribution in [2.24, 2.45) is 0 Å². The molecule has 1 aliphatic rings. The lowest BCUT2D eigenvalue weighted by Gasteiger charge is -2.16. The van der Waals surface area contributed by atoms with Crippen molar-refractivity contribution in [2.45, 2.75) is 12.3 Å². The van der Waals surface area contributed by atoms with Crippen molar-refractivity contribution in [3.63, 3.8) is 0 Å². The van der Waals surface area contributed by atoms with Gasteiger partial charge < -0.3 is 15.2 Å². The summed E-state index contributed by atoms with van der Waals surface area (Å²) in [5, 5.41) is 13.9. The Morgan fingerprint density at radius 2 is 1.58 bits per heavy atom. The second-order valence-electron chi connectivity index (χ2n) is 7.54. The smallest absolute Gasteiger partial charge is 0.411 e. The summed E-state index contributed by atoms with van der Waals surface area (Å²) in [6.07, 6.45) is -0.883. The van der Waals surface area contributed by atoms with Gasteiger partial charge in [-0.1, -0.05) is 64.5 Å². The molecule has 0 saturated heterocycles. The lowest BCUT2D eigenvalue weighted by Crippen LogP contribution is -2.27. The van der Waals surface area contributed by atoms with Crippen LogP contribution in [0.25, 0.3) is 11.1 Å². The average molecular weight is 509 g/mol. The van der Waals surface area contributed by atoms with E-state index in [9.17, 15) is 14.4 Å². The number of nitrogens with one attached hydrogen (secondary N) is 2. The van der Waals surface area contributed by atoms with E-state index in [1.165, 1.54) is 0 Å². The standard InChI is InChI=1S/C25H21BrN2O5/c26-15-9-10-20(24(31)27-12-11-23(29)30)22(13-15)28-25(32)33-14-21-18-7-3-1-5-16(18)17-6-2-4-8-19(17)21/h1-10,13,21H,11-12,14H2,(H,27,31)(H,28,32)(H,29,30). The Balaban J connectivity index is 1.45. The van der Waals surface area contributed by atoms with Crippen LogP contribution in [-0.2, 0) is 9.53 Å². The monoisotopic (exact) mass is 508 g/mol. The molecule has 0 heterocycles. The predicted molar refractivity (Wildman–Crippen MR) is 127 cm³/mol. The topological polar surface area (TPSA) is 105 Å². The Hall–Kier alpha value is -3.65. The van der Waals surface area contributed by atoms with Crippen LogP contribution in [-0.4, -0.2) is 36.2 Å². The van der Waals surface area contributed by atoms with E-state index < -0.39 is 18.0 Å². The van der Waals surface area contributed by atoms with Crippen LogP contribution in [0.5, 0.6) is 0 Å². The summed E-state index contributed by atoms with van der Waals surface area (Å²) in [6.45, 7) is 0.128. The molecule has 3 N–H and O–H groups in total. The minimum atomic E-state index is -1.01. The lowest BCUT2D eigenvalue weighted by molar-refractivity contribution is -0.136. The second-order valence-corrected chi connectivity index (χ2v) is 8.46. The maximum absolute atomic E-state index is 12.6. The van der Waals surface area contributed by atoms with Crippen molar-refractivity contribution in [1.82, 2.24) is 5.32 Å². The summed E-state index contributed by atoms with van der Waals surface area (Å²) in [7, 11) is 0. The van der Waals surface area contributed by atoms with Gasteiger partial charge in [0.1, 0.15) is 6.61 Å². The Morgan fingerprint density at radius 3 is 2.21 bits per heavy atom. The number of anilines is 1. The molecule has 3 aromatic rings. The second kappa shape index (κ2) is 9.87. The maximum Gasteiger partial charge on any atom is 0.411 e. The van der Waals surface area contributed by atoms with E-state index in [-0.39, 0.29) is 36.7 Å². The highest BCUT2D eigenvalue weighted by atomic mass is 79.9. The zero-order valence-corrected chi connectivity index (χ0v) is 19.1. The molecular formula is C25H21BrN2O5. The first-order valence-electron chi connectivity index (χ1n) is 10.4. The van der Waals surface area contributed by atoms with Crippen LogP contribution < -0.4 is 10.6 Å². The normalized spacial score (nSPS) is 11.9. The van der Waals surface area contributed by atoms with Crippen LogP contribution in [0.4, 0.5) is 10.5 Å². The summed E-state index contributed by atoms with van der Waals surface area (Å²) in [6, 6.07) is 20.9. The van der Waals surface area contributed by atoms with Crippen LogP contribution in [0.1, 0.15) is 33.8 Å². The number of ether oxygens (including phenoxy) is 1. The van der Waals surface area contributed by atoms with Gasteiger partial charge in [-0.05, 0) is 40.5 Å². The molecule has 0 radical (unpaired) electrons. The van der Waals surface area contributed by atoms with Gasteiger partial charge in [0.05, 0.1) is 17.7 Å². The SMILES string of the molecule is O=C(O)CCNC(=O)c1ccc(Br)cc1NC(=O)OCC1c2ccccc2-c2ccccc21. The highest BCUT2D eigenvalue weighted by molar-refractivity contribution is 9.10. The van der Waals surface area contributed by atoms with Gasteiger partial charge in [0.2, 0.25) is 0 Å². The molecule has 2 amide bonds. The number of hydrogen-bond acceptors (Lipinski definition) is 4. The molecule has 0 fully saturated rings. The Bertz CT molecular complexity index is 1180. The van der Waals surface area contributed by atoms with Gasteiger partial charge >= 0.3 is 12.1 Å². The lowest BCUT2D eigenvalue weighted by atomic mass is 9.98. The molecule has 0 spiro atoms. The van der Waals surface area contributed by atoms with E-state index in [1.54, 1.807) is 18.2 Å². The fraction of sp³-hybridized carbons (Fsp3) is 0.160. The fourth-order valence-electron chi connectivity index (χ4n) is 3.94. The van der Waals surface area contributed by atoms with Crippen molar-refractivity contribution < 1.29 is 24.2 Å². The molecule has 4 rings (SSSR count). The molecule has 168 valence electrons. The van der Waals surface area contributed by atoms with Gasteiger partial charge in [0, 0.05) is 16.9 Å². The Labute approximate surface area is 198 Å². The van der Waals surface area contributed by atoms with Gasteiger partial charge in [-0.25, -0.2) is 4.79 Å². The number of rotatable bonds is 7. The van der Waals surface area contributed by atoms with Crippen molar-refractivity contribution in [1.29, 1.82) is 0 Å². The van der Waals surface area contributed by atoms with Crippen LogP contribution in [0.15, 0.2) is 71.2 Å². The first-order valence-corrected chi connectivity index (χ1v) is 11.1. The third kappa shape index (κ3) is 5.06. The molecule has 8 heteroatoms. The molecule has 0 bridgehead atoms. The van der Waals surface area contributed by atoms with Crippen LogP contribution >= 0.6 is 15.9 Å². The number of halogens is 1. The summed E-state index contributed by atoms with van der Waals surface area (Å²) >= 11 is 3.33. The van der Waals surface area contributed by atoms with Crippen LogP contribution in [0.3, 0.4) is 0 Å². The summed E-state index contributed by atoms with van der Waals surface area (Å²) in [5.74, 6) is -1.58. The maximum atomic E-state index is 12.6. The van der Waals surface area contributed by atoms with Crippen LogP contribution in [0, 0.1) is 0 Å². The number of aliphatic carboxylic acids is 1. The van der Waals surface area contributed by atoms with Crippen molar-refractivity contribution in [3.05, 3.63) is 87.9 Å². The summed E-state index contributed by atoms with van der Waals surface area (Å²) in [5.41, 5.74) is 4.94. The zero-order valence-electron chi connectivity index (χ0n) is 17.5. The minimum Gasteiger partial charge on any atom is -0.481 e. The number of carbonyl (C=O) groups is 3. The first-order chi connectivity index (χ1) is 15.9. The van der Waals surface area contributed by atoms with Crippen molar-refractivity contribution in [2.75, 3.05) is 18.5 Å². The Kier molecular flexibility index (Phi) is 6.74. The summed E-state index contributed by atoms with van der Waals surface area (Å²) in [4.78, 5) is 35.8. The number of carbonyl (C=O) groups excluding carboxylic acids is 2. The molecule has 0 saturated carbocycles. The third-order valence-electron chi connectivity index (χ3n) is 5.43. The molecule has 0 aromatic heterocycles. The van der Waals surface area contributed by atoms with Gasteiger partial charge in [-0.2, -0.15) is 0 Å². The number of fused-ring (bicyclic) bond motifs is 3. The number of carboxylic acids is 1. The fourth-order valence-corrected chi connectivity index (χ4v) is 4.30. The van der Waals surface area contributed by atoms with Crippen molar-refractivity contribution >= 4 is 39.6 Å². The van der Waals surface area contributed by atoms with E-state index in [2.05, 4.69) is 38.7 Å². The molecule has 0 atom stereocenters. The highest BCUT2D eigenvalue weighted by Gasteiger charge is 2.29. The van der Waals surface area contributed by atoms with Crippen molar-refractivity contribution in [3.8, 4) is 11.1 Å². The molecule has 33 heavy (non-hydrogen) atoms. The highest BCUT2D eigenvalue weighted by Crippen LogP contribution is 2.44. The van der Waals surface area contributed by atoms with Gasteiger partial charge in [0.15, 0.2) is 0 Å². The molecule has 0 aliphatic heterocycles. The van der Waals surface area contributed by atoms with Gasteiger partial charge in [0.25, 0.3) is 5.91 Å². The molecule has 3 aromatic carbocycles. The molecular weight excluding hydrogens is 488 g/mol. The van der Waals surface area contributed by atoms with E-state index >= 15 is 0 Å². The van der Waals surface area contributed by atoms with E-state index in [0.29, 0.717) is 4.47 Å². The van der Waals surface area contributed by atoms with E-state index in [1.807, 2.05) is 36.4 Å². The quantitative estimate of drug-likeness (QED) is 0.415. The average Bonchev–Trinajstić information content (AvgIpc) is 3.11. The first kappa shape index (κ1) is 22.5. The molecule has 0 unspecified atom stereocenters. The van der Waals surface area contributed by atoms with E-state index in [0.717, 1.165) is 22.3 Å². The minimum absolute atomic E-state index is 0.0192. The summed E-state index contributed by atoms with van der Waals surface area (Å²) < 4.78 is 6.22. The van der Waals surface area contributed by atoms with Gasteiger partial charge in [-0.15, -0.1) is 0 Å². The number of hydrogen-bond donors (Lipinski definition) is 3. The zero-order chi connectivity index (χ0) is 23.4. The predicted octanol–water partition coefficient (Wildman–Crippen LogP) is 5.01. The third-order valence-corrected chi connectivity index (χ3v) is 5.92. The number of benzene rings is 3. The van der Waals surface area contributed by atoms with Crippen LogP contribution in [0.2, 0.25) is 0 Å². The van der Waals surface area contributed by atoms with Gasteiger partial charge in [-0.3, -0.25) is 14.9 Å². The molecule has 1 aliphatic carbocycles.